The second-order valence-corrected chi connectivity index (χ2v) is 5.76. The van der Waals surface area contributed by atoms with Crippen LogP contribution in [0.5, 0.6) is 11.5 Å². The van der Waals surface area contributed by atoms with Crippen LogP contribution in [0.2, 0.25) is 0 Å². The molecule has 2 aromatic carbocycles. The zero-order valence-corrected chi connectivity index (χ0v) is 15.0. The lowest BCUT2D eigenvalue weighted by atomic mass is 10.2. The summed E-state index contributed by atoms with van der Waals surface area (Å²) in [7, 11) is 0. The summed E-state index contributed by atoms with van der Waals surface area (Å²) in [6.45, 7) is 8.64. The zero-order chi connectivity index (χ0) is 16.7. The highest BCUT2D eigenvalue weighted by molar-refractivity contribution is 9.10. The van der Waals surface area contributed by atoms with E-state index in [4.69, 9.17) is 9.47 Å². The molecule has 0 radical (unpaired) electrons. The van der Waals surface area contributed by atoms with E-state index in [0.29, 0.717) is 24.7 Å². The van der Waals surface area contributed by atoms with E-state index in [1.165, 1.54) is 0 Å². The summed E-state index contributed by atoms with van der Waals surface area (Å²) in [5.41, 5.74) is 3.03. The van der Waals surface area contributed by atoms with E-state index in [-0.39, 0.29) is 0 Å². The number of halogens is 1. The summed E-state index contributed by atoms with van der Waals surface area (Å²) in [6.07, 6.45) is 3.53. The molecular formula is C19H20BrNO2. The van der Waals surface area contributed by atoms with E-state index < -0.39 is 0 Å². The fourth-order valence-electron chi connectivity index (χ4n) is 2.06. The second kappa shape index (κ2) is 8.53. The van der Waals surface area contributed by atoms with Gasteiger partial charge in [-0.2, -0.15) is 0 Å². The molecule has 4 heteroatoms. The summed E-state index contributed by atoms with van der Waals surface area (Å²) in [6, 6.07) is 11.9. The SMILES string of the molecule is C=CCOc1c(Br)cc(C=Nc2ccccc2C)cc1OCC. The monoisotopic (exact) mass is 373 g/mol. The number of benzene rings is 2. The molecule has 2 rings (SSSR count). The third-order valence-corrected chi connectivity index (χ3v) is 3.73. The van der Waals surface area contributed by atoms with Crippen LogP contribution in [0, 0.1) is 6.92 Å². The van der Waals surface area contributed by atoms with Crippen molar-refractivity contribution in [2.45, 2.75) is 13.8 Å². The molecule has 0 saturated heterocycles. The number of hydrogen-bond acceptors (Lipinski definition) is 3. The average Bonchev–Trinajstić information content (AvgIpc) is 2.54. The normalized spacial score (nSPS) is 10.7. The molecule has 0 unspecified atom stereocenters. The first-order valence-electron chi connectivity index (χ1n) is 7.45. The topological polar surface area (TPSA) is 30.8 Å². The Morgan fingerprint density at radius 3 is 2.70 bits per heavy atom. The maximum Gasteiger partial charge on any atom is 0.175 e. The second-order valence-electron chi connectivity index (χ2n) is 4.91. The maximum atomic E-state index is 5.68. The largest absolute Gasteiger partial charge is 0.490 e. The minimum atomic E-state index is 0.426. The molecule has 0 amide bonds. The van der Waals surface area contributed by atoms with Crippen LogP contribution in [0.15, 0.2) is 58.5 Å². The van der Waals surface area contributed by atoms with Crippen molar-refractivity contribution in [3.8, 4) is 11.5 Å². The van der Waals surface area contributed by atoms with Crippen LogP contribution in [0.25, 0.3) is 0 Å². The van der Waals surface area contributed by atoms with Crippen LogP contribution in [-0.4, -0.2) is 19.4 Å². The van der Waals surface area contributed by atoms with Crippen molar-refractivity contribution in [2.24, 2.45) is 4.99 Å². The third kappa shape index (κ3) is 4.70. The molecule has 0 N–H and O–H groups in total. The molecule has 0 saturated carbocycles. The summed E-state index contributed by atoms with van der Waals surface area (Å²) >= 11 is 3.54. The smallest absolute Gasteiger partial charge is 0.175 e. The summed E-state index contributed by atoms with van der Waals surface area (Å²) in [4.78, 5) is 4.55. The molecule has 0 aliphatic rings. The van der Waals surface area contributed by atoms with Gasteiger partial charge in [-0.05, 0) is 59.1 Å². The van der Waals surface area contributed by atoms with E-state index in [1.807, 2.05) is 56.5 Å². The molecule has 0 atom stereocenters. The highest BCUT2D eigenvalue weighted by atomic mass is 79.9. The highest BCUT2D eigenvalue weighted by Crippen LogP contribution is 2.36. The van der Waals surface area contributed by atoms with Crippen LogP contribution < -0.4 is 9.47 Å². The number of ether oxygens (including phenoxy) is 2. The molecule has 0 aliphatic heterocycles. The van der Waals surface area contributed by atoms with E-state index in [1.54, 1.807) is 6.08 Å². The van der Waals surface area contributed by atoms with Crippen molar-refractivity contribution < 1.29 is 9.47 Å². The quantitative estimate of drug-likeness (QED) is 0.475. The molecular weight excluding hydrogens is 354 g/mol. The van der Waals surface area contributed by atoms with Gasteiger partial charge in [0.25, 0.3) is 0 Å². The Bertz CT molecular complexity index is 711. The van der Waals surface area contributed by atoms with Crippen LogP contribution in [0.4, 0.5) is 5.69 Å². The van der Waals surface area contributed by atoms with Gasteiger partial charge in [-0.25, -0.2) is 0 Å². The summed E-state index contributed by atoms with van der Waals surface area (Å²) in [5, 5.41) is 0. The Morgan fingerprint density at radius 2 is 2.00 bits per heavy atom. The van der Waals surface area contributed by atoms with Crippen molar-refractivity contribution in [2.75, 3.05) is 13.2 Å². The molecule has 3 nitrogen and oxygen atoms in total. The number of para-hydroxylation sites is 1. The van der Waals surface area contributed by atoms with Gasteiger partial charge in [0.05, 0.1) is 16.8 Å². The van der Waals surface area contributed by atoms with Gasteiger partial charge in [0.15, 0.2) is 11.5 Å². The number of aliphatic imine (C=N–C) groups is 1. The van der Waals surface area contributed by atoms with Crippen molar-refractivity contribution >= 4 is 27.8 Å². The first kappa shape index (κ1) is 17.3. The number of nitrogens with zero attached hydrogens (tertiary/aromatic N) is 1. The van der Waals surface area contributed by atoms with Gasteiger partial charge in [-0.15, -0.1) is 0 Å². The van der Waals surface area contributed by atoms with Gasteiger partial charge < -0.3 is 9.47 Å². The van der Waals surface area contributed by atoms with Gasteiger partial charge in [0.1, 0.15) is 6.61 Å². The first-order valence-corrected chi connectivity index (χ1v) is 8.24. The van der Waals surface area contributed by atoms with Gasteiger partial charge in [0, 0.05) is 6.21 Å². The molecule has 2 aromatic rings. The van der Waals surface area contributed by atoms with Crippen molar-refractivity contribution in [1.82, 2.24) is 0 Å². The minimum Gasteiger partial charge on any atom is -0.490 e. The van der Waals surface area contributed by atoms with E-state index >= 15 is 0 Å². The van der Waals surface area contributed by atoms with Crippen LogP contribution in [0.1, 0.15) is 18.1 Å². The third-order valence-electron chi connectivity index (χ3n) is 3.15. The molecule has 120 valence electrons. The lowest BCUT2D eigenvalue weighted by Gasteiger charge is -2.13. The Balaban J connectivity index is 2.32. The Hall–Kier alpha value is -2.07. The molecule has 23 heavy (non-hydrogen) atoms. The van der Waals surface area contributed by atoms with E-state index in [2.05, 4.69) is 27.5 Å². The predicted molar refractivity (Wildman–Crippen MR) is 99.4 cm³/mol. The van der Waals surface area contributed by atoms with Crippen molar-refractivity contribution in [3.05, 3.63) is 64.7 Å². The first-order chi connectivity index (χ1) is 11.2. The zero-order valence-electron chi connectivity index (χ0n) is 13.4. The molecule has 0 bridgehead atoms. The Morgan fingerprint density at radius 1 is 1.22 bits per heavy atom. The van der Waals surface area contributed by atoms with Crippen molar-refractivity contribution in [3.63, 3.8) is 0 Å². The highest BCUT2D eigenvalue weighted by Gasteiger charge is 2.11. The number of aryl methyl sites for hydroxylation is 1. The molecule has 0 aromatic heterocycles. The van der Waals surface area contributed by atoms with Gasteiger partial charge in [-0.1, -0.05) is 30.9 Å². The van der Waals surface area contributed by atoms with Crippen molar-refractivity contribution in [1.29, 1.82) is 0 Å². The predicted octanol–water partition coefficient (Wildman–Crippen LogP) is 5.47. The lowest BCUT2D eigenvalue weighted by Crippen LogP contribution is -2.00. The van der Waals surface area contributed by atoms with Gasteiger partial charge in [0.2, 0.25) is 0 Å². The fourth-order valence-corrected chi connectivity index (χ4v) is 2.63. The Kier molecular flexibility index (Phi) is 6.41. The number of rotatable bonds is 7. The fraction of sp³-hybridized carbons (Fsp3) is 0.211. The lowest BCUT2D eigenvalue weighted by molar-refractivity contribution is 0.295. The average molecular weight is 374 g/mol. The Labute approximate surface area is 145 Å². The molecule has 0 heterocycles. The molecule has 0 spiro atoms. The van der Waals surface area contributed by atoms with E-state index in [0.717, 1.165) is 21.3 Å². The molecule has 0 aliphatic carbocycles. The van der Waals surface area contributed by atoms with Crippen LogP contribution >= 0.6 is 15.9 Å². The van der Waals surface area contributed by atoms with Crippen LogP contribution in [0.3, 0.4) is 0 Å². The standard InChI is InChI=1S/C19H20BrNO2/c1-4-10-23-19-16(20)11-15(12-18(19)22-5-2)13-21-17-9-7-6-8-14(17)3/h4,6-9,11-13H,1,5,10H2,2-3H3. The summed E-state index contributed by atoms with van der Waals surface area (Å²) < 4.78 is 12.2. The van der Waals surface area contributed by atoms with E-state index in [9.17, 15) is 0 Å². The maximum absolute atomic E-state index is 5.68. The van der Waals surface area contributed by atoms with Gasteiger partial charge >= 0.3 is 0 Å². The minimum absolute atomic E-state index is 0.426. The van der Waals surface area contributed by atoms with Crippen LogP contribution in [-0.2, 0) is 0 Å². The number of hydrogen-bond donors (Lipinski definition) is 0. The molecule has 0 fully saturated rings. The summed E-state index contributed by atoms with van der Waals surface area (Å²) in [5.74, 6) is 1.37. The van der Waals surface area contributed by atoms with Gasteiger partial charge in [-0.3, -0.25) is 4.99 Å².